The molecule has 0 bridgehead atoms. The van der Waals surface area contributed by atoms with E-state index >= 15 is 0 Å². The van der Waals surface area contributed by atoms with Gasteiger partial charge in [0.15, 0.2) is 6.29 Å². The van der Waals surface area contributed by atoms with Crippen LogP contribution in [0, 0.1) is 28.6 Å². The highest BCUT2D eigenvalue weighted by Gasteiger charge is 2.70. The Morgan fingerprint density at radius 1 is 0.925 bits per heavy atom. The normalized spacial score (nSPS) is 54.2. The summed E-state index contributed by atoms with van der Waals surface area (Å²) in [7, 11) is 3.12. The summed E-state index contributed by atoms with van der Waals surface area (Å²) < 4.78 is 28.9. The Balaban J connectivity index is 1.19. The summed E-state index contributed by atoms with van der Waals surface area (Å²) >= 11 is 0. The molecule has 0 aromatic carbocycles. The number of carbonyl (C=O) groups excluding carboxylic acids is 1. The van der Waals surface area contributed by atoms with Crippen LogP contribution in [0.1, 0.15) is 78.6 Å². The molecule has 6 aliphatic rings. The summed E-state index contributed by atoms with van der Waals surface area (Å²) in [6.07, 6.45) is 5.19. The van der Waals surface area contributed by atoms with Crippen molar-refractivity contribution in [2.45, 2.75) is 127 Å². The Hall–Kier alpha value is -1.07. The van der Waals surface area contributed by atoms with E-state index in [4.69, 9.17) is 23.7 Å². The second-order valence-corrected chi connectivity index (χ2v) is 14.1. The second kappa shape index (κ2) is 10.00. The van der Waals surface area contributed by atoms with Crippen LogP contribution >= 0.6 is 0 Å². The van der Waals surface area contributed by atoms with E-state index in [1.165, 1.54) is 0 Å². The van der Waals surface area contributed by atoms with Crippen LogP contribution in [-0.2, 0) is 28.5 Å². The molecule has 13 atom stereocenters. The van der Waals surface area contributed by atoms with Crippen LogP contribution in [0.5, 0.6) is 0 Å². The number of ether oxygens (including phenoxy) is 5. The zero-order valence-corrected chi connectivity index (χ0v) is 24.6. The van der Waals surface area contributed by atoms with Gasteiger partial charge in [0.05, 0.1) is 23.4 Å². The molecule has 1 unspecified atom stereocenters. The molecule has 5 fully saturated rings. The maximum Gasteiger partial charge on any atom is 0.331 e. The zero-order chi connectivity index (χ0) is 28.7. The molecule has 2 heterocycles. The third-order valence-corrected chi connectivity index (χ3v) is 12.7. The number of methoxy groups -OCH3 is 2. The highest BCUT2D eigenvalue weighted by atomic mass is 16.7. The summed E-state index contributed by atoms with van der Waals surface area (Å²) in [5.41, 5.74) is -1.32. The molecule has 9 heteroatoms. The van der Waals surface area contributed by atoms with Gasteiger partial charge in [-0.25, -0.2) is 4.79 Å². The van der Waals surface area contributed by atoms with Gasteiger partial charge in [0.2, 0.25) is 0 Å². The Morgan fingerprint density at radius 2 is 1.62 bits per heavy atom. The van der Waals surface area contributed by atoms with Gasteiger partial charge < -0.3 is 39.0 Å². The molecule has 3 N–H and O–H groups in total. The lowest BCUT2D eigenvalue weighted by atomic mass is 9.42. The summed E-state index contributed by atoms with van der Waals surface area (Å²) in [5, 5.41) is 35.3. The summed E-state index contributed by atoms with van der Waals surface area (Å²) in [6.45, 7) is 6.60. The molecule has 0 amide bonds. The van der Waals surface area contributed by atoms with Gasteiger partial charge in [-0.1, -0.05) is 13.8 Å². The van der Waals surface area contributed by atoms with Gasteiger partial charge in [-0.2, -0.15) is 0 Å². The monoisotopic (exact) mass is 564 g/mol. The molecule has 4 saturated carbocycles. The fourth-order valence-electron chi connectivity index (χ4n) is 10.3. The highest BCUT2D eigenvalue weighted by Crippen LogP contribution is 2.70. The van der Waals surface area contributed by atoms with Crippen molar-refractivity contribution in [1.82, 2.24) is 0 Å². The third-order valence-electron chi connectivity index (χ3n) is 12.7. The largest absolute Gasteiger partial charge is 0.458 e. The zero-order valence-electron chi connectivity index (χ0n) is 24.6. The molecule has 0 aromatic heterocycles. The Labute approximate surface area is 237 Å². The average Bonchev–Trinajstić information content (AvgIpc) is 3.46. The molecule has 0 spiro atoms. The lowest BCUT2D eigenvalue weighted by molar-refractivity contribution is -0.325. The van der Waals surface area contributed by atoms with Gasteiger partial charge in [-0.3, -0.25) is 0 Å². The maximum atomic E-state index is 12.4. The minimum atomic E-state index is -0.906. The van der Waals surface area contributed by atoms with Crippen LogP contribution in [0.25, 0.3) is 0 Å². The molecule has 1 saturated heterocycles. The standard InChI is InChI=1S/C31H48O9/c1-17-24(33)25(36-4)26(37-5)27(39-17)40-19-6-10-28(2)21-7-11-29(3)20(18-14-23(32)38-16-18)9-13-31(29,35)22(21)8-12-30(28,34)15-19/h14,17,19-22,24-27,33-35H,6-13,15-16H2,1-5H3/t17-,19?,20-,21+,22-,24+,25+,26-,27+,28-,29-,30+,31+/m1/s1. The Bertz CT molecular complexity index is 1030. The van der Waals surface area contributed by atoms with E-state index in [1.54, 1.807) is 27.2 Å². The van der Waals surface area contributed by atoms with E-state index in [1.807, 2.05) is 0 Å². The van der Waals surface area contributed by atoms with E-state index in [0.717, 1.165) is 50.5 Å². The smallest absolute Gasteiger partial charge is 0.331 e. The quantitative estimate of drug-likeness (QED) is 0.342. The minimum absolute atomic E-state index is 0.113. The van der Waals surface area contributed by atoms with Crippen molar-refractivity contribution in [3.8, 4) is 0 Å². The molecular formula is C31H48O9. The van der Waals surface area contributed by atoms with E-state index in [2.05, 4.69) is 13.8 Å². The number of carbonyl (C=O) groups is 1. The van der Waals surface area contributed by atoms with Crippen molar-refractivity contribution in [2.75, 3.05) is 20.8 Å². The predicted octanol–water partition coefficient (Wildman–Crippen LogP) is 2.88. The molecule has 226 valence electrons. The van der Waals surface area contributed by atoms with Crippen molar-refractivity contribution >= 4 is 5.97 Å². The first-order valence-corrected chi connectivity index (χ1v) is 15.3. The summed E-state index contributed by atoms with van der Waals surface area (Å²) in [5.74, 6) is 0.214. The van der Waals surface area contributed by atoms with Crippen LogP contribution in [0.15, 0.2) is 11.6 Å². The number of fused-ring (bicyclic) bond motifs is 5. The van der Waals surface area contributed by atoms with E-state index in [-0.39, 0.29) is 40.7 Å². The van der Waals surface area contributed by atoms with Gasteiger partial charge >= 0.3 is 5.97 Å². The number of aliphatic hydroxyl groups excluding tert-OH is 1. The maximum absolute atomic E-state index is 12.4. The van der Waals surface area contributed by atoms with Crippen molar-refractivity contribution in [1.29, 1.82) is 0 Å². The Kier molecular flexibility index (Phi) is 7.25. The molecule has 40 heavy (non-hydrogen) atoms. The van der Waals surface area contributed by atoms with Crippen LogP contribution < -0.4 is 0 Å². The van der Waals surface area contributed by atoms with Crippen LogP contribution in [0.3, 0.4) is 0 Å². The number of esters is 1. The predicted molar refractivity (Wildman–Crippen MR) is 144 cm³/mol. The fourth-order valence-corrected chi connectivity index (χ4v) is 10.3. The lowest BCUT2D eigenvalue weighted by Crippen LogP contribution is -2.67. The lowest BCUT2D eigenvalue weighted by Gasteiger charge is -2.66. The first-order valence-electron chi connectivity index (χ1n) is 15.3. The van der Waals surface area contributed by atoms with Crippen LogP contribution in [0.2, 0.25) is 0 Å². The molecular weight excluding hydrogens is 516 g/mol. The van der Waals surface area contributed by atoms with Crippen molar-refractivity contribution < 1.29 is 43.8 Å². The van der Waals surface area contributed by atoms with E-state index in [0.29, 0.717) is 19.4 Å². The molecule has 6 rings (SSSR count). The van der Waals surface area contributed by atoms with E-state index in [9.17, 15) is 20.1 Å². The van der Waals surface area contributed by atoms with Gasteiger partial charge in [-0.05, 0) is 87.0 Å². The molecule has 0 radical (unpaired) electrons. The van der Waals surface area contributed by atoms with Gasteiger partial charge in [0.25, 0.3) is 0 Å². The average molecular weight is 565 g/mol. The molecule has 9 nitrogen and oxygen atoms in total. The van der Waals surface area contributed by atoms with E-state index < -0.39 is 41.9 Å². The molecule has 2 aliphatic heterocycles. The molecule has 0 aromatic rings. The number of aliphatic hydroxyl groups is 3. The van der Waals surface area contributed by atoms with Gasteiger partial charge in [0, 0.05) is 32.1 Å². The first kappa shape index (κ1) is 29.0. The number of cyclic esters (lactones) is 1. The third kappa shape index (κ3) is 4.02. The van der Waals surface area contributed by atoms with Crippen LogP contribution in [-0.4, -0.2) is 90.1 Å². The summed E-state index contributed by atoms with van der Waals surface area (Å²) in [6, 6.07) is 0. The highest BCUT2D eigenvalue weighted by molar-refractivity contribution is 5.85. The van der Waals surface area contributed by atoms with Gasteiger partial charge in [0.1, 0.15) is 24.9 Å². The summed E-state index contributed by atoms with van der Waals surface area (Å²) in [4.78, 5) is 11.8. The fraction of sp³-hybridized carbons (Fsp3) is 0.903. The number of rotatable bonds is 5. The number of hydrogen-bond donors (Lipinski definition) is 3. The minimum Gasteiger partial charge on any atom is -0.458 e. The van der Waals surface area contributed by atoms with Crippen molar-refractivity contribution in [2.24, 2.45) is 28.6 Å². The Morgan fingerprint density at radius 3 is 2.30 bits per heavy atom. The second-order valence-electron chi connectivity index (χ2n) is 14.1. The SMILES string of the molecule is CO[C@H]1[C@H](OC2CC[C@]3(C)[C@H]4CC[C@]5(C)[C@@H](C6=CC(=O)OC6)CC[C@]5(O)[C@@H]4CC[C@]3(O)C2)O[C@H](C)[C@H](O)[C@@H]1OC. The first-order chi connectivity index (χ1) is 18.9. The number of hydrogen-bond acceptors (Lipinski definition) is 9. The van der Waals surface area contributed by atoms with Crippen molar-refractivity contribution in [3.63, 3.8) is 0 Å². The van der Waals surface area contributed by atoms with Gasteiger partial charge in [-0.15, -0.1) is 0 Å². The molecule has 4 aliphatic carbocycles. The van der Waals surface area contributed by atoms with Crippen molar-refractivity contribution in [3.05, 3.63) is 11.6 Å². The van der Waals surface area contributed by atoms with Crippen LogP contribution in [0.4, 0.5) is 0 Å². The topological polar surface area (TPSA) is 124 Å².